The Hall–Kier alpha value is -3.26. The molecular formula is C17H31N7O7. The SMILES string of the molecule is NCCCCC(NC(=O)CNC(=O)C(CC(N)=O)NC(=O)C(N)CCC(N)=O)C(=O)O. The van der Waals surface area contributed by atoms with Crippen LogP contribution in [0.5, 0.6) is 0 Å². The van der Waals surface area contributed by atoms with E-state index in [1.54, 1.807) is 0 Å². The van der Waals surface area contributed by atoms with Crippen molar-refractivity contribution in [2.24, 2.45) is 22.9 Å². The van der Waals surface area contributed by atoms with Crippen LogP contribution in [0.25, 0.3) is 0 Å². The van der Waals surface area contributed by atoms with Gasteiger partial charge in [0.05, 0.1) is 19.0 Å². The van der Waals surface area contributed by atoms with Crippen molar-refractivity contribution in [1.29, 1.82) is 0 Å². The van der Waals surface area contributed by atoms with E-state index in [1.807, 2.05) is 0 Å². The molecule has 0 rings (SSSR count). The van der Waals surface area contributed by atoms with E-state index >= 15 is 0 Å². The summed E-state index contributed by atoms with van der Waals surface area (Å²) >= 11 is 0. The van der Waals surface area contributed by atoms with Crippen molar-refractivity contribution in [3.05, 3.63) is 0 Å². The van der Waals surface area contributed by atoms with Gasteiger partial charge in [-0.2, -0.15) is 0 Å². The van der Waals surface area contributed by atoms with Gasteiger partial charge in [0.2, 0.25) is 29.5 Å². The highest BCUT2D eigenvalue weighted by Gasteiger charge is 2.26. The first-order valence-corrected chi connectivity index (χ1v) is 9.60. The zero-order chi connectivity index (χ0) is 24.0. The molecule has 3 unspecified atom stereocenters. The van der Waals surface area contributed by atoms with E-state index in [2.05, 4.69) is 16.0 Å². The first kappa shape index (κ1) is 27.7. The standard InChI is InChI=1S/C17H31N7O7/c18-6-2-1-3-10(17(30)31)23-14(27)8-22-16(29)11(7-13(21)26)24-15(28)9(19)4-5-12(20)25/h9-11H,1-8,18-19H2,(H2,20,25)(H2,21,26)(H,22,29)(H,23,27)(H,24,28)(H,30,31). The van der Waals surface area contributed by atoms with Crippen molar-refractivity contribution >= 4 is 35.5 Å². The van der Waals surface area contributed by atoms with E-state index in [-0.39, 0.29) is 19.3 Å². The molecule has 31 heavy (non-hydrogen) atoms. The van der Waals surface area contributed by atoms with Gasteiger partial charge in [-0.15, -0.1) is 0 Å². The van der Waals surface area contributed by atoms with Gasteiger partial charge < -0.3 is 44.0 Å². The maximum Gasteiger partial charge on any atom is 0.326 e. The number of carboxylic acids is 1. The molecule has 0 saturated carbocycles. The Morgan fingerprint density at radius 3 is 2.00 bits per heavy atom. The predicted molar refractivity (Wildman–Crippen MR) is 108 cm³/mol. The van der Waals surface area contributed by atoms with Crippen LogP contribution in [0, 0.1) is 0 Å². The number of primary amides is 2. The average Bonchev–Trinajstić information content (AvgIpc) is 2.68. The van der Waals surface area contributed by atoms with Crippen LogP contribution in [0.4, 0.5) is 0 Å². The summed E-state index contributed by atoms with van der Waals surface area (Å²) in [5.41, 5.74) is 21.0. The van der Waals surface area contributed by atoms with E-state index in [0.29, 0.717) is 19.4 Å². The summed E-state index contributed by atoms with van der Waals surface area (Å²) in [5, 5.41) is 15.8. The number of rotatable bonds is 16. The number of unbranched alkanes of at least 4 members (excludes halogenated alkanes) is 1. The van der Waals surface area contributed by atoms with Crippen molar-refractivity contribution in [2.75, 3.05) is 13.1 Å². The molecule has 0 heterocycles. The van der Waals surface area contributed by atoms with Crippen molar-refractivity contribution < 1.29 is 33.9 Å². The number of amides is 5. The first-order valence-electron chi connectivity index (χ1n) is 9.60. The highest BCUT2D eigenvalue weighted by Crippen LogP contribution is 2.01. The van der Waals surface area contributed by atoms with Gasteiger partial charge in [-0.1, -0.05) is 0 Å². The van der Waals surface area contributed by atoms with E-state index in [4.69, 9.17) is 28.0 Å². The Bertz CT molecular complexity index is 671. The zero-order valence-electron chi connectivity index (χ0n) is 17.1. The molecule has 0 aliphatic heterocycles. The number of carboxylic acid groups (broad SMARTS) is 1. The summed E-state index contributed by atoms with van der Waals surface area (Å²) in [6, 6.07) is -3.73. The molecule has 0 fully saturated rings. The third-order valence-electron chi connectivity index (χ3n) is 4.08. The Kier molecular flexibility index (Phi) is 13.1. The monoisotopic (exact) mass is 445 g/mol. The molecule has 0 aromatic rings. The molecular weight excluding hydrogens is 414 g/mol. The van der Waals surface area contributed by atoms with Gasteiger partial charge in [0, 0.05) is 6.42 Å². The topological polar surface area (TPSA) is 263 Å². The molecule has 14 heteroatoms. The number of carbonyl (C=O) groups is 6. The second kappa shape index (κ2) is 14.7. The molecule has 12 N–H and O–H groups in total. The van der Waals surface area contributed by atoms with Crippen molar-refractivity contribution in [2.45, 2.75) is 56.7 Å². The molecule has 0 aromatic heterocycles. The van der Waals surface area contributed by atoms with Crippen LogP contribution in [0.2, 0.25) is 0 Å². The van der Waals surface area contributed by atoms with Crippen LogP contribution in [0.1, 0.15) is 38.5 Å². The Morgan fingerprint density at radius 1 is 0.839 bits per heavy atom. The fraction of sp³-hybridized carbons (Fsp3) is 0.647. The second-order valence-corrected chi connectivity index (χ2v) is 6.80. The van der Waals surface area contributed by atoms with Crippen LogP contribution >= 0.6 is 0 Å². The molecule has 14 nitrogen and oxygen atoms in total. The van der Waals surface area contributed by atoms with Crippen LogP contribution < -0.4 is 38.9 Å². The van der Waals surface area contributed by atoms with Gasteiger partial charge >= 0.3 is 5.97 Å². The van der Waals surface area contributed by atoms with Crippen LogP contribution in [0.15, 0.2) is 0 Å². The van der Waals surface area contributed by atoms with Crippen LogP contribution in [0.3, 0.4) is 0 Å². The van der Waals surface area contributed by atoms with Gasteiger partial charge in [0.25, 0.3) is 0 Å². The average molecular weight is 445 g/mol. The number of nitrogens with one attached hydrogen (secondary N) is 3. The number of aliphatic carboxylic acids is 1. The summed E-state index contributed by atoms with van der Waals surface area (Å²) in [5.74, 6) is -5.31. The second-order valence-electron chi connectivity index (χ2n) is 6.80. The minimum atomic E-state index is -1.42. The number of nitrogens with two attached hydrogens (primary N) is 4. The van der Waals surface area contributed by atoms with Gasteiger partial charge in [-0.05, 0) is 32.2 Å². The van der Waals surface area contributed by atoms with Gasteiger partial charge in [-0.25, -0.2) is 4.79 Å². The molecule has 0 saturated heterocycles. The summed E-state index contributed by atoms with van der Waals surface area (Å²) in [6.07, 6.45) is 0.441. The van der Waals surface area contributed by atoms with E-state index < -0.39 is 66.6 Å². The quantitative estimate of drug-likeness (QED) is 0.107. The molecule has 0 spiro atoms. The highest BCUT2D eigenvalue weighted by atomic mass is 16.4. The maximum atomic E-state index is 12.3. The van der Waals surface area contributed by atoms with Crippen LogP contribution in [-0.2, 0) is 28.8 Å². The van der Waals surface area contributed by atoms with Crippen molar-refractivity contribution in [3.63, 3.8) is 0 Å². The minimum Gasteiger partial charge on any atom is -0.480 e. The fourth-order valence-electron chi connectivity index (χ4n) is 2.40. The summed E-state index contributed by atoms with van der Waals surface area (Å²) in [4.78, 5) is 69.5. The Morgan fingerprint density at radius 2 is 1.48 bits per heavy atom. The normalized spacial score (nSPS) is 13.4. The minimum absolute atomic E-state index is 0.0742. The highest BCUT2D eigenvalue weighted by molar-refractivity contribution is 5.95. The summed E-state index contributed by atoms with van der Waals surface area (Å²) in [6.45, 7) is -0.214. The molecule has 176 valence electrons. The lowest BCUT2D eigenvalue weighted by atomic mass is 10.1. The molecule has 0 radical (unpaired) electrons. The maximum absolute atomic E-state index is 12.3. The molecule has 0 bridgehead atoms. The number of carbonyl (C=O) groups excluding carboxylic acids is 5. The Labute approximate surface area is 178 Å². The van der Waals surface area contributed by atoms with Gasteiger partial charge in [0.1, 0.15) is 12.1 Å². The lowest BCUT2D eigenvalue weighted by Crippen LogP contribution is -2.54. The molecule has 5 amide bonds. The number of hydrogen-bond donors (Lipinski definition) is 8. The van der Waals surface area contributed by atoms with Gasteiger partial charge in [0.15, 0.2) is 0 Å². The largest absolute Gasteiger partial charge is 0.480 e. The molecule has 0 aliphatic carbocycles. The lowest BCUT2D eigenvalue weighted by Gasteiger charge is -2.20. The van der Waals surface area contributed by atoms with Crippen molar-refractivity contribution in [3.8, 4) is 0 Å². The molecule has 0 aromatic carbocycles. The van der Waals surface area contributed by atoms with Crippen molar-refractivity contribution in [1.82, 2.24) is 16.0 Å². The lowest BCUT2D eigenvalue weighted by molar-refractivity contribution is -0.142. The molecule has 3 atom stereocenters. The number of hydrogen-bond acceptors (Lipinski definition) is 8. The zero-order valence-corrected chi connectivity index (χ0v) is 17.1. The summed E-state index contributed by atoms with van der Waals surface area (Å²) < 4.78 is 0. The van der Waals surface area contributed by atoms with Gasteiger partial charge in [-0.3, -0.25) is 24.0 Å². The smallest absolute Gasteiger partial charge is 0.326 e. The third kappa shape index (κ3) is 12.8. The fourth-order valence-corrected chi connectivity index (χ4v) is 2.40. The van der Waals surface area contributed by atoms with Crippen LogP contribution in [-0.4, -0.2) is 71.8 Å². The van der Waals surface area contributed by atoms with E-state index in [1.165, 1.54) is 0 Å². The van der Waals surface area contributed by atoms with E-state index in [9.17, 15) is 28.8 Å². The first-order chi connectivity index (χ1) is 14.5. The molecule has 0 aliphatic rings. The summed E-state index contributed by atoms with van der Waals surface area (Å²) in [7, 11) is 0. The Balaban J connectivity index is 4.80. The predicted octanol–water partition coefficient (Wildman–Crippen LogP) is -4.25. The third-order valence-corrected chi connectivity index (χ3v) is 4.08. The van der Waals surface area contributed by atoms with E-state index in [0.717, 1.165) is 0 Å².